The number of halogens is 1. The lowest BCUT2D eigenvalue weighted by atomic mass is 10.0. The van der Waals surface area contributed by atoms with Crippen LogP contribution >= 0.6 is 15.9 Å². The van der Waals surface area contributed by atoms with Crippen molar-refractivity contribution >= 4 is 33.5 Å². The summed E-state index contributed by atoms with van der Waals surface area (Å²) >= 11 is 3.57. The van der Waals surface area contributed by atoms with Crippen molar-refractivity contribution in [1.29, 1.82) is 0 Å². The van der Waals surface area contributed by atoms with Gasteiger partial charge in [0, 0.05) is 12.8 Å². The van der Waals surface area contributed by atoms with Crippen molar-refractivity contribution in [2.24, 2.45) is 5.16 Å². The molecule has 0 radical (unpaired) electrons. The molecule has 0 saturated heterocycles. The SMILES string of the molecule is COc1c(Br)c(C[C@@H]2CC(CN3C(=O)c4ccccc4C3=O)=NO2)cc2c1OCO2. The molecule has 3 heterocycles. The summed E-state index contributed by atoms with van der Waals surface area (Å²) in [4.78, 5) is 31.9. The monoisotopic (exact) mass is 472 g/mol. The second-order valence-electron chi connectivity index (χ2n) is 7.15. The number of amides is 2. The van der Waals surface area contributed by atoms with Crippen molar-refractivity contribution in [2.45, 2.75) is 18.9 Å². The van der Waals surface area contributed by atoms with Crippen molar-refractivity contribution in [3.63, 3.8) is 0 Å². The third-order valence-corrected chi connectivity index (χ3v) is 6.17. The molecule has 0 N–H and O–H groups in total. The highest BCUT2D eigenvalue weighted by molar-refractivity contribution is 9.10. The van der Waals surface area contributed by atoms with Crippen molar-refractivity contribution in [1.82, 2.24) is 4.90 Å². The van der Waals surface area contributed by atoms with Gasteiger partial charge >= 0.3 is 0 Å². The predicted octanol–water partition coefficient (Wildman–Crippen LogP) is 3.17. The first-order valence-electron chi connectivity index (χ1n) is 9.38. The average Bonchev–Trinajstić information content (AvgIpc) is 3.45. The van der Waals surface area contributed by atoms with Crippen LogP contribution in [0.25, 0.3) is 0 Å². The third-order valence-electron chi connectivity index (χ3n) is 5.30. The van der Waals surface area contributed by atoms with Crippen LogP contribution in [0.1, 0.15) is 32.7 Å². The van der Waals surface area contributed by atoms with E-state index in [4.69, 9.17) is 19.0 Å². The van der Waals surface area contributed by atoms with Gasteiger partial charge in [0.2, 0.25) is 12.5 Å². The van der Waals surface area contributed by atoms with Gasteiger partial charge in [-0.2, -0.15) is 0 Å². The van der Waals surface area contributed by atoms with E-state index in [2.05, 4.69) is 21.1 Å². The Morgan fingerprint density at radius 2 is 1.93 bits per heavy atom. The standard InChI is InChI=1S/C21H17BrN2O6/c1-27-19-17(22)11(7-16-18(19)29-10-28-16)6-13-8-12(23-30-13)9-24-20(25)14-4-2-3-5-15(14)21(24)26/h2-5,7,13H,6,8-10H2,1H3/t13-/m1/s1. The largest absolute Gasteiger partial charge is 0.492 e. The highest BCUT2D eigenvalue weighted by atomic mass is 79.9. The molecule has 0 unspecified atom stereocenters. The summed E-state index contributed by atoms with van der Waals surface area (Å²) in [5.74, 6) is 1.17. The first kappa shape index (κ1) is 18.9. The Morgan fingerprint density at radius 1 is 1.20 bits per heavy atom. The zero-order valence-electron chi connectivity index (χ0n) is 16.0. The summed E-state index contributed by atoms with van der Waals surface area (Å²) in [6, 6.07) is 8.71. The van der Waals surface area contributed by atoms with E-state index in [9.17, 15) is 9.59 Å². The van der Waals surface area contributed by atoms with E-state index >= 15 is 0 Å². The maximum Gasteiger partial charge on any atom is 0.261 e. The maximum absolute atomic E-state index is 12.6. The fraction of sp³-hybridized carbons (Fsp3) is 0.286. The Hall–Kier alpha value is -3.07. The zero-order valence-corrected chi connectivity index (χ0v) is 17.6. The Kier molecular flexibility index (Phi) is 4.62. The quantitative estimate of drug-likeness (QED) is 0.621. The van der Waals surface area contributed by atoms with Crippen molar-refractivity contribution in [3.05, 3.63) is 51.5 Å². The lowest BCUT2D eigenvalue weighted by molar-refractivity contribution is 0.0676. The second kappa shape index (κ2) is 7.32. The number of fused-ring (bicyclic) bond motifs is 2. The summed E-state index contributed by atoms with van der Waals surface area (Å²) in [6.07, 6.45) is 0.829. The number of ether oxygens (including phenoxy) is 3. The predicted molar refractivity (Wildman–Crippen MR) is 109 cm³/mol. The maximum atomic E-state index is 12.6. The fourth-order valence-corrected chi connectivity index (χ4v) is 4.49. The van der Waals surface area contributed by atoms with Crippen molar-refractivity contribution < 1.29 is 28.6 Å². The van der Waals surface area contributed by atoms with Gasteiger partial charge in [-0.25, -0.2) is 0 Å². The molecule has 3 aliphatic heterocycles. The Morgan fingerprint density at radius 3 is 2.63 bits per heavy atom. The Bertz CT molecular complexity index is 1060. The van der Waals surface area contributed by atoms with E-state index in [1.165, 1.54) is 4.90 Å². The fourth-order valence-electron chi connectivity index (χ4n) is 3.87. The second-order valence-corrected chi connectivity index (χ2v) is 7.94. The molecule has 8 nitrogen and oxygen atoms in total. The number of nitrogens with zero attached hydrogens (tertiary/aromatic N) is 2. The minimum atomic E-state index is -0.301. The molecular weight excluding hydrogens is 456 g/mol. The molecule has 2 aromatic carbocycles. The molecule has 0 fully saturated rings. The Balaban J connectivity index is 1.28. The number of benzene rings is 2. The molecule has 0 spiro atoms. The lowest BCUT2D eigenvalue weighted by Crippen LogP contribution is -2.34. The van der Waals surface area contributed by atoms with E-state index in [0.29, 0.717) is 46.9 Å². The number of imide groups is 1. The van der Waals surface area contributed by atoms with Crippen LogP contribution in [0.2, 0.25) is 0 Å². The molecule has 30 heavy (non-hydrogen) atoms. The number of carbonyl (C=O) groups is 2. The third kappa shape index (κ3) is 3.00. The van der Waals surface area contributed by atoms with Gasteiger partial charge in [0.1, 0.15) is 6.10 Å². The molecule has 154 valence electrons. The Labute approximate surface area is 180 Å². The van der Waals surface area contributed by atoms with Gasteiger partial charge in [-0.05, 0) is 39.7 Å². The van der Waals surface area contributed by atoms with Gasteiger partial charge < -0.3 is 19.0 Å². The average molecular weight is 473 g/mol. The first-order chi connectivity index (χ1) is 14.6. The van der Waals surface area contributed by atoms with Crippen LogP contribution < -0.4 is 14.2 Å². The van der Waals surface area contributed by atoms with Crippen LogP contribution in [0.3, 0.4) is 0 Å². The van der Waals surface area contributed by atoms with E-state index < -0.39 is 0 Å². The molecule has 1 atom stereocenters. The number of carbonyl (C=O) groups excluding carboxylic acids is 2. The highest BCUT2D eigenvalue weighted by Gasteiger charge is 2.37. The number of oxime groups is 1. The van der Waals surface area contributed by atoms with Crippen LogP contribution in [-0.4, -0.2) is 49.0 Å². The van der Waals surface area contributed by atoms with E-state index in [1.54, 1.807) is 31.4 Å². The van der Waals surface area contributed by atoms with E-state index in [1.807, 2.05) is 6.07 Å². The van der Waals surface area contributed by atoms with Crippen molar-refractivity contribution in [3.8, 4) is 17.2 Å². The van der Waals surface area contributed by atoms with Gasteiger partial charge in [0.05, 0.1) is 35.0 Å². The molecule has 5 rings (SSSR count). The minimum Gasteiger partial charge on any atom is -0.492 e. The first-order valence-corrected chi connectivity index (χ1v) is 10.2. The van der Waals surface area contributed by atoms with Crippen LogP contribution in [-0.2, 0) is 11.3 Å². The summed E-state index contributed by atoms with van der Waals surface area (Å²) in [6.45, 7) is 0.267. The van der Waals surface area contributed by atoms with Gasteiger partial charge in [-0.3, -0.25) is 14.5 Å². The summed E-state index contributed by atoms with van der Waals surface area (Å²) < 4.78 is 17.2. The smallest absolute Gasteiger partial charge is 0.261 e. The molecular formula is C21H17BrN2O6. The number of hydrogen-bond acceptors (Lipinski definition) is 7. The highest BCUT2D eigenvalue weighted by Crippen LogP contribution is 2.47. The molecule has 3 aliphatic rings. The molecule has 9 heteroatoms. The topological polar surface area (TPSA) is 86.7 Å². The molecule has 2 aromatic rings. The molecule has 0 saturated carbocycles. The minimum absolute atomic E-state index is 0.120. The van der Waals surface area contributed by atoms with Crippen LogP contribution in [0.4, 0.5) is 0 Å². The van der Waals surface area contributed by atoms with Crippen LogP contribution in [0, 0.1) is 0 Å². The van der Waals surface area contributed by atoms with E-state index in [0.717, 1.165) is 10.0 Å². The van der Waals surface area contributed by atoms with Gasteiger partial charge in [-0.1, -0.05) is 17.3 Å². The van der Waals surface area contributed by atoms with Gasteiger partial charge in [0.25, 0.3) is 11.8 Å². The van der Waals surface area contributed by atoms with Gasteiger partial charge in [-0.15, -0.1) is 0 Å². The molecule has 0 aliphatic carbocycles. The van der Waals surface area contributed by atoms with Crippen molar-refractivity contribution in [2.75, 3.05) is 20.4 Å². The normalized spacial score (nSPS) is 19.1. The molecule has 2 amide bonds. The number of rotatable bonds is 5. The van der Waals surface area contributed by atoms with Crippen LogP contribution in [0.15, 0.2) is 40.0 Å². The van der Waals surface area contributed by atoms with E-state index in [-0.39, 0.29) is 31.3 Å². The van der Waals surface area contributed by atoms with Crippen LogP contribution in [0.5, 0.6) is 17.2 Å². The number of hydrogen-bond donors (Lipinski definition) is 0. The molecule has 0 bridgehead atoms. The summed E-state index contributed by atoms with van der Waals surface area (Å²) in [5.41, 5.74) is 2.43. The number of methoxy groups -OCH3 is 1. The zero-order chi connectivity index (χ0) is 20.8. The van der Waals surface area contributed by atoms with Gasteiger partial charge in [0.15, 0.2) is 11.5 Å². The molecule has 0 aromatic heterocycles. The summed E-state index contributed by atoms with van der Waals surface area (Å²) in [7, 11) is 1.57. The lowest BCUT2D eigenvalue weighted by Gasteiger charge is -2.15. The summed E-state index contributed by atoms with van der Waals surface area (Å²) in [5, 5.41) is 4.12.